The molecular weight excluding hydrogens is 320 g/mol. The van der Waals surface area contributed by atoms with Crippen molar-refractivity contribution in [1.29, 1.82) is 0 Å². The Morgan fingerprint density at radius 3 is 2.72 bits per heavy atom. The summed E-state index contributed by atoms with van der Waals surface area (Å²) < 4.78 is 11.6. The number of nitrogens with zero attached hydrogens (tertiary/aromatic N) is 2. The highest BCUT2D eigenvalue weighted by Crippen LogP contribution is 2.34. The maximum atomic E-state index is 5.95. The fourth-order valence-electron chi connectivity index (χ4n) is 1.67. The molecule has 1 aromatic heterocycles. The Balaban J connectivity index is 2.03. The molecule has 92 valence electrons. The maximum Gasteiger partial charge on any atom is 0.162 e. The SMILES string of the molecule is Clc1nc(-c2ccc3c(c2)OCCO3)ncc1Br. The van der Waals surface area contributed by atoms with E-state index in [9.17, 15) is 0 Å². The first-order valence-corrected chi connectivity index (χ1v) is 6.49. The van der Waals surface area contributed by atoms with Gasteiger partial charge in [-0.1, -0.05) is 11.6 Å². The summed E-state index contributed by atoms with van der Waals surface area (Å²) in [5, 5.41) is 0.384. The van der Waals surface area contributed by atoms with Crippen molar-refractivity contribution >= 4 is 27.5 Å². The summed E-state index contributed by atoms with van der Waals surface area (Å²) in [6, 6.07) is 5.59. The van der Waals surface area contributed by atoms with Crippen LogP contribution in [-0.4, -0.2) is 23.2 Å². The van der Waals surface area contributed by atoms with Crippen molar-refractivity contribution in [3.63, 3.8) is 0 Å². The van der Waals surface area contributed by atoms with Crippen LogP contribution < -0.4 is 9.47 Å². The summed E-state index contributed by atoms with van der Waals surface area (Å²) in [7, 11) is 0. The van der Waals surface area contributed by atoms with Crippen molar-refractivity contribution in [3.05, 3.63) is 34.0 Å². The lowest BCUT2D eigenvalue weighted by Gasteiger charge is -2.18. The minimum atomic E-state index is 0.384. The largest absolute Gasteiger partial charge is 0.486 e. The first-order chi connectivity index (χ1) is 8.74. The maximum absolute atomic E-state index is 5.95. The quantitative estimate of drug-likeness (QED) is 0.754. The number of ether oxygens (including phenoxy) is 2. The van der Waals surface area contributed by atoms with Crippen molar-refractivity contribution in [3.8, 4) is 22.9 Å². The molecular formula is C12H8BrClN2O2. The van der Waals surface area contributed by atoms with E-state index in [0.717, 1.165) is 11.3 Å². The molecule has 4 nitrogen and oxygen atoms in total. The molecule has 2 heterocycles. The Morgan fingerprint density at radius 2 is 1.94 bits per heavy atom. The Kier molecular flexibility index (Phi) is 3.09. The molecule has 6 heteroatoms. The fourth-order valence-corrected chi connectivity index (χ4v) is 1.99. The Bertz CT molecular complexity index is 607. The van der Waals surface area contributed by atoms with Crippen LogP contribution in [0.4, 0.5) is 0 Å². The van der Waals surface area contributed by atoms with Gasteiger partial charge in [0.2, 0.25) is 0 Å². The van der Waals surface area contributed by atoms with Crippen LogP contribution in [0, 0.1) is 0 Å². The first-order valence-electron chi connectivity index (χ1n) is 5.32. The molecule has 1 aliphatic heterocycles. The molecule has 0 radical (unpaired) electrons. The average Bonchev–Trinajstić information content (AvgIpc) is 2.41. The number of aromatic nitrogens is 2. The van der Waals surface area contributed by atoms with Gasteiger partial charge in [0.05, 0.1) is 4.47 Å². The molecule has 0 amide bonds. The normalized spacial score (nSPS) is 13.4. The van der Waals surface area contributed by atoms with Crippen molar-refractivity contribution < 1.29 is 9.47 Å². The van der Waals surface area contributed by atoms with Crippen molar-refractivity contribution in [2.24, 2.45) is 0 Å². The zero-order chi connectivity index (χ0) is 12.5. The molecule has 0 bridgehead atoms. The van der Waals surface area contributed by atoms with Gasteiger partial charge in [-0.05, 0) is 34.1 Å². The van der Waals surface area contributed by atoms with Crippen LogP contribution in [0.2, 0.25) is 5.15 Å². The van der Waals surface area contributed by atoms with Gasteiger partial charge in [0.15, 0.2) is 17.3 Å². The number of benzene rings is 1. The molecule has 0 spiro atoms. The van der Waals surface area contributed by atoms with Gasteiger partial charge in [0.1, 0.15) is 18.4 Å². The second kappa shape index (κ2) is 4.74. The summed E-state index contributed by atoms with van der Waals surface area (Å²) in [6.45, 7) is 1.13. The third-order valence-corrected chi connectivity index (χ3v) is 3.60. The molecule has 3 rings (SSSR count). The summed E-state index contributed by atoms with van der Waals surface area (Å²) in [5.41, 5.74) is 0.841. The van der Waals surface area contributed by atoms with Gasteiger partial charge in [0.25, 0.3) is 0 Å². The second-order valence-electron chi connectivity index (χ2n) is 3.69. The Hall–Kier alpha value is -1.33. The van der Waals surface area contributed by atoms with Gasteiger partial charge in [-0.2, -0.15) is 0 Å². The molecule has 0 aliphatic carbocycles. The Morgan fingerprint density at radius 1 is 1.17 bits per heavy atom. The number of hydrogen-bond donors (Lipinski definition) is 0. The summed E-state index contributed by atoms with van der Waals surface area (Å²) >= 11 is 9.21. The van der Waals surface area contributed by atoms with E-state index >= 15 is 0 Å². The first kappa shape index (κ1) is 11.7. The minimum Gasteiger partial charge on any atom is -0.486 e. The monoisotopic (exact) mass is 326 g/mol. The zero-order valence-corrected chi connectivity index (χ0v) is 11.5. The van der Waals surface area contributed by atoms with E-state index in [0.29, 0.717) is 34.4 Å². The number of rotatable bonds is 1. The molecule has 0 fully saturated rings. The smallest absolute Gasteiger partial charge is 0.162 e. The lowest BCUT2D eigenvalue weighted by atomic mass is 10.2. The molecule has 0 saturated carbocycles. The zero-order valence-electron chi connectivity index (χ0n) is 9.19. The van der Waals surface area contributed by atoms with Crippen LogP contribution in [0.15, 0.2) is 28.9 Å². The third-order valence-electron chi connectivity index (χ3n) is 2.50. The second-order valence-corrected chi connectivity index (χ2v) is 4.90. The molecule has 2 aromatic rings. The van der Waals surface area contributed by atoms with Crippen molar-refractivity contribution in [1.82, 2.24) is 9.97 Å². The van der Waals surface area contributed by atoms with E-state index in [2.05, 4.69) is 25.9 Å². The highest BCUT2D eigenvalue weighted by molar-refractivity contribution is 9.10. The van der Waals surface area contributed by atoms with Gasteiger partial charge in [-0.3, -0.25) is 0 Å². The fraction of sp³-hybridized carbons (Fsp3) is 0.167. The molecule has 0 atom stereocenters. The van der Waals surface area contributed by atoms with Crippen molar-refractivity contribution in [2.45, 2.75) is 0 Å². The van der Waals surface area contributed by atoms with E-state index in [1.807, 2.05) is 18.2 Å². The van der Waals surface area contributed by atoms with E-state index < -0.39 is 0 Å². The predicted molar refractivity (Wildman–Crippen MR) is 71.2 cm³/mol. The van der Waals surface area contributed by atoms with E-state index in [-0.39, 0.29) is 0 Å². The highest BCUT2D eigenvalue weighted by Gasteiger charge is 2.14. The Labute approximate surface area is 117 Å². The predicted octanol–water partition coefficient (Wildman–Crippen LogP) is 3.33. The van der Waals surface area contributed by atoms with Crippen LogP contribution in [0.25, 0.3) is 11.4 Å². The number of halogens is 2. The average molecular weight is 328 g/mol. The lowest BCUT2D eigenvalue weighted by molar-refractivity contribution is 0.171. The molecule has 0 N–H and O–H groups in total. The van der Waals surface area contributed by atoms with Gasteiger partial charge in [0, 0.05) is 11.8 Å². The molecule has 18 heavy (non-hydrogen) atoms. The molecule has 1 aliphatic rings. The standard InChI is InChI=1S/C12H8BrClN2O2/c13-8-6-15-12(16-11(8)14)7-1-2-9-10(5-7)18-4-3-17-9/h1-2,5-6H,3-4H2. The van der Waals surface area contributed by atoms with Crippen LogP contribution in [0.1, 0.15) is 0 Å². The number of fused-ring (bicyclic) bond motifs is 1. The van der Waals surface area contributed by atoms with Gasteiger partial charge >= 0.3 is 0 Å². The van der Waals surface area contributed by atoms with Gasteiger partial charge in [-0.25, -0.2) is 9.97 Å². The summed E-state index contributed by atoms with van der Waals surface area (Å²) in [4.78, 5) is 8.42. The van der Waals surface area contributed by atoms with Crippen LogP contribution >= 0.6 is 27.5 Å². The van der Waals surface area contributed by atoms with E-state index in [1.54, 1.807) is 6.20 Å². The van der Waals surface area contributed by atoms with Crippen LogP contribution in [-0.2, 0) is 0 Å². The topological polar surface area (TPSA) is 44.2 Å². The van der Waals surface area contributed by atoms with Gasteiger partial charge < -0.3 is 9.47 Å². The van der Waals surface area contributed by atoms with E-state index in [1.165, 1.54) is 0 Å². The lowest BCUT2D eigenvalue weighted by Crippen LogP contribution is -2.15. The molecule has 0 saturated heterocycles. The highest BCUT2D eigenvalue weighted by atomic mass is 79.9. The van der Waals surface area contributed by atoms with Crippen LogP contribution in [0.3, 0.4) is 0 Å². The summed E-state index contributed by atoms with van der Waals surface area (Å²) in [5.74, 6) is 2.01. The molecule has 1 aromatic carbocycles. The third kappa shape index (κ3) is 2.15. The summed E-state index contributed by atoms with van der Waals surface area (Å²) in [6.07, 6.45) is 1.63. The van der Waals surface area contributed by atoms with Crippen molar-refractivity contribution in [2.75, 3.05) is 13.2 Å². The number of hydrogen-bond acceptors (Lipinski definition) is 4. The van der Waals surface area contributed by atoms with E-state index in [4.69, 9.17) is 21.1 Å². The molecule has 0 unspecified atom stereocenters. The van der Waals surface area contributed by atoms with Gasteiger partial charge in [-0.15, -0.1) is 0 Å². The minimum absolute atomic E-state index is 0.384. The van der Waals surface area contributed by atoms with Crippen LogP contribution in [0.5, 0.6) is 11.5 Å².